The highest BCUT2D eigenvalue weighted by atomic mass is 16.5. The Morgan fingerprint density at radius 3 is 2.62 bits per heavy atom. The van der Waals surface area contributed by atoms with E-state index in [1.807, 2.05) is 62.4 Å². The molecule has 146 valence electrons. The summed E-state index contributed by atoms with van der Waals surface area (Å²) in [5.41, 5.74) is 1.23. The number of fused-ring (bicyclic) bond motifs is 1. The van der Waals surface area contributed by atoms with E-state index in [0.717, 1.165) is 10.8 Å². The molecule has 0 aliphatic carbocycles. The van der Waals surface area contributed by atoms with Crippen LogP contribution in [0, 0.1) is 11.3 Å². The van der Waals surface area contributed by atoms with E-state index in [0.29, 0.717) is 22.7 Å². The maximum atomic E-state index is 12.7. The molecule has 3 aromatic rings. The summed E-state index contributed by atoms with van der Waals surface area (Å²) >= 11 is 0. The van der Waals surface area contributed by atoms with Crippen molar-refractivity contribution in [3.63, 3.8) is 0 Å². The van der Waals surface area contributed by atoms with Crippen LogP contribution in [0.15, 0.2) is 66.2 Å². The number of carbonyl (C=O) groups is 1. The van der Waals surface area contributed by atoms with Crippen LogP contribution in [0.4, 0.5) is 5.69 Å². The van der Waals surface area contributed by atoms with E-state index in [-0.39, 0.29) is 11.7 Å². The van der Waals surface area contributed by atoms with Crippen LogP contribution < -0.4 is 14.8 Å². The molecule has 0 saturated carbocycles. The maximum absolute atomic E-state index is 12.7. The fraction of sp³-hybridized carbons (Fsp3) is 0.167. The second-order valence-electron chi connectivity index (χ2n) is 6.72. The number of ether oxygens (including phenoxy) is 2. The molecule has 3 rings (SSSR count). The van der Waals surface area contributed by atoms with Crippen LogP contribution in [0.5, 0.6) is 11.5 Å². The fourth-order valence-electron chi connectivity index (χ4n) is 3.01. The largest absolute Gasteiger partial charge is 0.496 e. The van der Waals surface area contributed by atoms with Gasteiger partial charge in [0, 0.05) is 17.3 Å². The highest BCUT2D eigenvalue weighted by molar-refractivity contribution is 6.11. The Kier molecular flexibility index (Phi) is 6.16. The molecule has 0 heterocycles. The van der Waals surface area contributed by atoms with Gasteiger partial charge in [-0.1, -0.05) is 36.4 Å². The van der Waals surface area contributed by atoms with Gasteiger partial charge in [-0.25, -0.2) is 0 Å². The number of nitriles is 1. The van der Waals surface area contributed by atoms with Crippen molar-refractivity contribution in [1.29, 1.82) is 5.26 Å². The quantitative estimate of drug-likeness (QED) is 0.468. The molecule has 0 fully saturated rings. The molecule has 0 aromatic heterocycles. The number of anilines is 1. The van der Waals surface area contributed by atoms with Gasteiger partial charge in [-0.05, 0) is 48.9 Å². The van der Waals surface area contributed by atoms with Crippen molar-refractivity contribution in [1.82, 2.24) is 0 Å². The first-order valence-corrected chi connectivity index (χ1v) is 9.27. The van der Waals surface area contributed by atoms with Crippen LogP contribution in [0.3, 0.4) is 0 Å². The Labute approximate surface area is 170 Å². The number of hydrogen-bond donors (Lipinski definition) is 1. The Morgan fingerprint density at radius 2 is 1.90 bits per heavy atom. The van der Waals surface area contributed by atoms with Gasteiger partial charge < -0.3 is 14.8 Å². The lowest BCUT2D eigenvalue weighted by atomic mass is 10.0. The van der Waals surface area contributed by atoms with Gasteiger partial charge in [0.15, 0.2) is 0 Å². The van der Waals surface area contributed by atoms with Crippen LogP contribution in [0.25, 0.3) is 16.8 Å². The Bertz CT molecular complexity index is 1110. The van der Waals surface area contributed by atoms with Gasteiger partial charge in [0.05, 0.1) is 13.2 Å². The SMILES string of the molecule is COc1ccc2ccccc2c1/C=C(\C#N)C(=O)Nc1cccc(OC(C)C)c1. The molecule has 0 aliphatic heterocycles. The summed E-state index contributed by atoms with van der Waals surface area (Å²) < 4.78 is 11.1. The minimum absolute atomic E-state index is 0.0187. The zero-order valence-corrected chi connectivity index (χ0v) is 16.6. The van der Waals surface area contributed by atoms with Crippen LogP contribution >= 0.6 is 0 Å². The third-order valence-electron chi connectivity index (χ3n) is 4.27. The first kappa shape index (κ1) is 20.0. The molecule has 0 atom stereocenters. The number of methoxy groups -OCH3 is 1. The second-order valence-corrected chi connectivity index (χ2v) is 6.72. The van der Waals surface area contributed by atoms with Gasteiger partial charge in [0.1, 0.15) is 23.1 Å². The molecule has 0 radical (unpaired) electrons. The number of benzene rings is 3. The highest BCUT2D eigenvalue weighted by Gasteiger charge is 2.14. The Hall–Kier alpha value is -3.78. The molecule has 3 aromatic carbocycles. The first-order valence-electron chi connectivity index (χ1n) is 9.27. The van der Waals surface area contributed by atoms with Crippen molar-refractivity contribution < 1.29 is 14.3 Å². The predicted molar refractivity (Wildman–Crippen MR) is 115 cm³/mol. The number of rotatable bonds is 6. The van der Waals surface area contributed by atoms with Gasteiger partial charge in [0.2, 0.25) is 0 Å². The standard InChI is InChI=1S/C24H22N2O3/c1-16(2)29-20-9-6-8-19(14-20)26-24(27)18(15-25)13-22-21-10-5-4-7-17(21)11-12-23(22)28-3/h4-14,16H,1-3H3,(H,26,27)/b18-13+. The van der Waals surface area contributed by atoms with E-state index in [9.17, 15) is 10.1 Å². The summed E-state index contributed by atoms with van der Waals surface area (Å²) in [4.78, 5) is 12.7. The van der Waals surface area contributed by atoms with Crippen molar-refractivity contribution in [2.75, 3.05) is 12.4 Å². The van der Waals surface area contributed by atoms with Crippen LogP contribution in [0.1, 0.15) is 19.4 Å². The lowest BCUT2D eigenvalue weighted by molar-refractivity contribution is -0.112. The highest BCUT2D eigenvalue weighted by Crippen LogP contribution is 2.30. The fourth-order valence-corrected chi connectivity index (χ4v) is 3.01. The molecule has 1 amide bonds. The third-order valence-corrected chi connectivity index (χ3v) is 4.27. The lowest BCUT2D eigenvalue weighted by Crippen LogP contribution is -2.14. The monoisotopic (exact) mass is 386 g/mol. The smallest absolute Gasteiger partial charge is 0.266 e. The molecule has 29 heavy (non-hydrogen) atoms. The number of carbonyl (C=O) groups excluding carboxylic acids is 1. The Morgan fingerprint density at radius 1 is 1.10 bits per heavy atom. The van der Waals surface area contributed by atoms with Gasteiger partial charge in [0.25, 0.3) is 5.91 Å². The van der Waals surface area contributed by atoms with E-state index < -0.39 is 5.91 Å². The molecule has 5 heteroatoms. The molecule has 0 aliphatic rings. The van der Waals surface area contributed by atoms with Crippen molar-refractivity contribution in [3.05, 3.63) is 71.8 Å². The molecule has 5 nitrogen and oxygen atoms in total. The summed E-state index contributed by atoms with van der Waals surface area (Å²) in [6, 6.07) is 20.6. The molecule has 0 bridgehead atoms. The summed E-state index contributed by atoms with van der Waals surface area (Å²) in [6.07, 6.45) is 1.58. The Balaban J connectivity index is 1.94. The molecule has 0 spiro atoms. The summed E-state index contributed by atoms with van der Waals surface area (Å²) in [5, 5.41) is 14.3. The van der Waals surface area contributed by atoms with Crippen molar-refractivity contribution in [2.45, 2.75) is 20.0 Å². The van der Waals surface area contributed by atoms with Gasteiger partial charge in [-0.15, -0.1) is 0 Å². The van der Waals surface area contributed by atoms with Gasteiger partial charge >= 0.3 is 0 Å². The van der Waals surface area contributed by atoms with E-state index in [4.69, 9.17) is 9.47 Å². The molecular formula is C24H22N2O3. The van der Waals surface area contributed by atoms with Crippen LogP contribution in [0.2, 0.25) is 0 Å². The first-order chi connectivity index (χ1) is 14.0. The van der Waals surface area contributed by atoms with Crippen molar-refractivity contribution in [3.8, 4) is 17.6 Å². The topological polar surface area (TPSA) is 71.3 Å². The second kappa shape index (κ2) is 8.94. The van der Waals surface area contributed by atoms with Crippen molar-refractivity contribution in [2.24, 2.45) is 0 Å². The zero-order valence-electron chi connectivity index (χ0n) is 16.6. The average molecular weight is 386 g/mol. The predicted octanol–water partition coefficient (Wildman–Crippen LogP) is 5.18. The number of nitrogens with one attached hydrogen (secondary N) is 1. The summed E-state index contributed by atoms with van der Waals surface area (Å²) in [7, 11) is 1.56. The normalized spacial score (nSPS) is 11.2. The van der Waals surface area contributed by atoms with E-state index in [1.54, 1.807) is 31.4 Å². The van der Waals surface area contributed by atoms with Gasteiger partial charge in [-0.3, -0.25) is 4.79 Å². The maximum Gasteiger partial charge on any atom is 0.266 e. The number of amides is 1. The summed E-state index contributed by atoms with van der Waals surface area (Å²) in [6.45, 7) is 3.86. The van der Waals surface area contributed by atoms with E-state index in [1.165, 1.54) is 0 Å². The third kappa shape index (κ3) is 4.74. The molecular weight excluding hydrogens is 364 g/mol. The minimum atomic E-state index is -0.496. The van der Waals surface area contributed by atoms with E-state index in [2.05, 4.69) is 5.32 Å². The molecule has 0 unspecified atom stereocenters. The van der Waals surface area contributed by atoms with Crippen LogP contribution in [-0.4, -0.2) is 19.1 Å². The summed E-state index contributed by atoms with van der Waals surface area (Å²) in [5.74, 6) is 0.747. The van der Waals surface area contributed by atoms with Gasteiger partial charge in [-0.2, -0.15) is 5.26 Å². The van der Waals surface area contributed by atoms with Crippen molar-refractivity contribution >= 4 is 28.4 Å². The molecule has 0 saturated heterocycles. The number of nitrogens with zero attached hydrogens (tertiary/aromatic N) is 1. The van der Waals surface area contributed by atoms with Crippen LogP contribution in [-0.2, 0) is 4.79 Å². The molecule has 1 N–H and O–H groups in total. The van der Waals surface area contributed by atoms with E-state index >= 15 is 0 Å². The lowest BCUT2D eigenvalue weighted by Gasteiger charge is -2.12. The minimum Gasteiger partial charge on any atom is -0.496 e. The number of hydrogen-bond acceptors (Lipinski definition) is 4. The zero-order chi connectivity index (χ0) is 20.8. The average Bonchev–Trinajstić information content (AvgIpc) is 2.71.